The summed E-state index contributed by atoms with van der Waals surface area (Å²) in [6.07, 6.45) is -4.71. The normalized spacial score (nSPS) is 10.1. The van der Waals surface area contributed by atoms with E-state index in [9.17, 15) is 22.8 Å². The molecule has 0 saturated heterocycles. The largest absolute Gasteiger partial charge is 0.496 e. The van der Waals surface area contributed by atoms with Gasteiger partial charge in [0.15, 0.2) is 5.60 Å². The summed E-state index contributed by atoms with van der Waals surface area (Å²) in [5, 5.41) is 10.4. The van der Waals surface area contributed by atoms with E-state index in [1.54, 1.807) is 56.3 Å². The van der Waals surface area contributed by atoms with Crippen LogP contribution in [-0.2, 0) is 53.9 Å². The number of hydrogen-bond acceptors (Lipinski definition) is 13. The Hall–Kier alpha value is -0.524. The highest BCUT2D eigenvalue weighted by molar-refractivity contribution is 7.52. The Morgan fingerprint density at radius 1 is 0.578 bits per heavy atom. The summed E-state index contributed by atoms with van der Waals surface area (Å²) in [5.41, 5.74) is -2.64. The summed E-state index contributed by atoms with van der Waals surface area (Å²) in [7, 11) is 7.72. The first-order chi connectivity index (χ1) is 22.4. The molecule has 1 aromatic rings. The van der Waals surface area contributed by atoms with E-state index in [1.807, 2.05) is 50.2 Å². The van der Waals surface area contributed by atoms with Gasteiger partial charge in [0.05, 0.1) is 0 Å². The lowest BCUT2D eigenvalue weighted by Gasteiger charge is -2.28. The van der Waals surface area contributed by atoms with Crippen molar-refractivity contribution in [3.05, 3.63) is 30.3 Å². The van der Waals surface area contributed by atoms with E-state index in [2.05, 4.69) is 18.4 Å². The highest BCUT2D eigenvalue weighted by Crippen LogP contribution is 2.41. The maximum Gasteiger partial charge on any atom is 0.496 e. The molecule has 1 unspecified atom stereocenters. The van der Waals surface area contributed by atoms with Crippen molar-refractivity contribution in [1.82, 2.24) is 0 Å². The van der Waals surface area contributed by atoms with Gasteiger partial charge in [-0.05, 0) is 50.9 Å². The van der Waals surface area contributed by atoms with Crippen LogP contribution in [0.5, 0.6) is 0 Å². The van der Waals surface area contributed by atoms with Crippen LogP contribution in [0.25, 0.3) is 0 Å². The van der Waals surface area contributed by atoms with E-state index in [-0.39, 0.29) is 131 Å². The van der Waals surface area contributed by atoms with Crippen LogP contribution in [0.1, 0.15) is 131 Å². The molecule has 1 N–H and O–H groups in total. The second kappa shape index (κ2) is 64.6. The molecule has 0 spiro atoms. The molecular formula is C43H123BF3O13PSi3. The number of hydrogen-bond donors (Lipinski definition) is 1. The Kier molecular flexibility index (Phi) is 126. The quantitative estimate of drug-likeness (QED) is 0.124. The summed E-state index contributed by atoms with van der Waals surface area (Å²) in [6, 6.07) is 10.5. The zero-order chi connectivity index (χ0) is 39.6. The van der Waals surface area contributed by atoms with E-state index in [1.165, 1.54) is 35.1 Å². The highest BCUT2D eigenvalue weighted by atomic mass is 31.2. The first-order valence-electron chi connectivity index (χ1n) is 14.9. The Morgan fingerprint density at radius 2 is 0.875 bits per heavy atom. The van der Waals surface area contributed by atoms with Gasteiger partial charge in [0.25, 0.3) is 0 Å². The second-order valence-corrected chi connectivity index (χ2v) is 22.6. The van der Waals surface area contributed by atoms with Crippen molar-refractivity contribution in [2.45, 2.75) is 175 Å². The lowest BCUT2D eigenvalue weighted by Crippen LogP contribution is -2.49. The van der Waals surface area contributed by atoms with Crippen molar-refractivity contribution in [2.75, 3.05) is 84.9 Å². The lowest BCUT2D eigenvalue weighted by molar-refractivity contribution is -0.255. The lowest BCUT2D eigenvalue weighted by atomic mass is 9.96. The van der Waals surface area contributed by atoms with Gasteiger partial charge in [-0.3, -0.25) is 4.57 Å². The molecule has 0 bridgehead atoms. The number of halogens is 3. The van der Waals surface area contributed by atoms with Gasteiger partial charge in [0.2, 0.25) is 0 Å². The predicted octanol–water partition coefficient (Wildman–Crippen LogP) is 15.2. The van der Waals surface area contributed by atoms with Gasteiger partial charge in [-0.2, -0.15) is 13.2 Å². The molecule has 1 atom stereocenters. The third-order valence-electron chi connectivity index (χ3n) is 7.29. The summed E-state index contributed by atoms with van der Waals surface area (Å²) in [5.74, 6) is 0. The molecule has 0 fully saturated rings. The molecule has 1 rings (SSSR count). The SMILES string of the molecule is C.C.C.C.C.C.C.C.C.C.C.C.C.C.C.COB(C)OC.COP(C)(=O)OC.CO[Si](C)(CCCC(C)(O)C(F)(F)F)OC.CO[Si](C)(OC)OC.CO[Si](C)(OC)c1ccccc1. The number of benzene rings is 1. The van der Waals surface area contributed by atoms with E-state index in [0.29, 0.717) is 6.04 Å². The van der Waals surface area contributed by atoms with Crippen molar-refractivity contribution in [3.8, 4) is 0 Å². The van der Waals surface area contributed by atoms with Gasteiger partial charge >= 0.3 is 46.8 Å². The number of alkyl halides is 3. The van der Waals surface area contributed by atoms with E-state index < -0.39 is 45.3 Å². The zero-order valence-electron chi connectivity index (χ0n) is 32.5. The van der Waals surface area contributed by atoms with E-state index in [4.69, 9.17) is 31.0 Å². The van der Waals surface area contributed by atoms with E-state index in [0.717, 1.165) is 12.1 Å². The molecule has 21 heteroatoms. The van der Waals surface area contributed by atoms with Crippen LogP contribution in [0.15, 0.2) is 30.3 Å². The van der Waals surface area contributed by atoms with Gasteiger partial charge < -0.3 is 54.4 Å². The second-order valence-electron chi connectivity index (χ2n) is 10.5. The molecule has 414 valence electrons. The van der Waals surface area contributed by atoms with Crippen LogP contribution in [-0.4, -0.2) is 135 Å². The van der Waals surface area contributed by atoms with Crippen LogP contribution >= 0.6 is 7.60 Å². The average molecular weight is 1030 g/mol. The van der Waals surface area contributed by atoms with Crippen LogP contribution in [0.2, 0.25) is 32.5 Å². The molecule has 0 heterocycles. The maximum absolute atomic E-state index is 12.3. The van der Waals surface area contributed by atoms with Crippen molar-refractivity contribution in [1.29, 1.82) is 0 Å². The fourth-order valence-electron chi connectivity index (χ4n) is 2.66. The van der Waals surface area contributed by atoms with Gasteiger partial charge in [-0.25, -0.2) is 0 Å². The Balaban J connectivity index is -0.0000000228. The van der Waals surface area contributed by atoms with E-state index >= 15 is 0 Å². The summed E-state index contributed by atoms with van der Waals surface area (Å²) < 4.78 is 102. The van der Waals surface area contributed by atoms with Crippen LogP contribution in [0, 0.1) is 0 Å². The maximum atomic E-state index is 12.3. The molecular weight excluding hydrogens is 907 g/mol. The molecule has 1 aromatic carbocycles. The third-order valence-corrected chi connectivity index (χ3v) is 16.8. The van der Waals surface area contributed by atoms with Crippen molar-refractivity contribution < 1.29 is 72.2 Å². The summed E-state index contributed by atoms with van der Waals surface area (Å²) >= 11 is 0. The monoisotopic (exact) mass is 1030 g/mol. The van der Waals surface area contributed by atoms with Gasteiger partial charge in [-0.15, -0.1) is 0 Å². The molecule has 64 heavy (non-hydrogen) atoms. The molecule has 0 aliphatic heterocycles. The van der Waals surface area contributed by atoms with Crippen LogP contribution in [0.3, 0.4) is 0 Å². The molecule has 0 aliphatic rings. The summed E-state index contributed by atoms with van der Waals surface area (Å²) in [4.78, 5) is 0. The summed E-state index contributed by atoms with van der Waals surface area (Å²) in [6.45, 7) is 9.66. The Labute approximate surface area is 407 Å². The number of rotatable bonds is 16. The van der Waals surface area contributed by atoms with Gasteiger partial charge in [0, 0.05) is 91.4 Å². The molecule has 0 aromatic heterocycles. The number of aliphatic hydroxyl groups is 1. The van der Waals surface area contributed by atoms with Gasteiger partial charge in [-0.1, -0.05) is 142 Å². The zero-order valence-corrected chi connectivity index (χ0v) is 36.4. The fourth-order valence-corrected chi connectivity index (χ4v) is 6.14. The van der Waals surface area contributed by atoms with Gasteiger partial charge in [0.1, 0.15) is 0 Å². The first-order valence-corrected chi connectivity index (χ1v) is 23.9. The van der Waals surface area contributed by atoms with Crippen LogP contribution < -0.4 is 5.19 Å². The Morgan fingerprint density at radius 3 is 1.03 bits per heavy atom. The minimum atomic E-state index is -4.59. The Bertz CT molecular complexity index is 953. The van der Waals surface area contributed by atoms with Crippen molar-refractivity contribution in [2.24, 2.45) is 0 Å². The first kappa shape index (κ1) is 125. The molecule has 0 radical (unpaired) electrons. The molecule has 13 nitrogen and oxygen atoms in total. The highest BCUT2D eigenvalue weighted by Gasteiger charge is 2.49. The smallest absolute Gasteiger partial charge is 0.414 e. The minimum absolute atomic E-state index is 0. The van der Waals surface area contributed by atoms with Crippen LogP contribution in [0.4, 0.5) is 13.2 Å². The standard InChI is InChI=1S/C9H19F3O3Si.C9H14O2Si.C4H12O3Si.C3H9BO2.C3H9O3P.15CH4/c1-8(13,9(10,11)12)6-5-7-16(4,14-2)15-3;1-10-12(3,11-2)9-7-5-4-6-8-9;1-5-8(4,6-2)7-3;1-4(5-2)6-3;1-5-7(3,4)6-2;;;;;;;;;;;;;;;/h13H,5-7H2,1-4H3;4-8H,1-3H3;1-4H3;1-3H3;1-3H3;15*1H4. The van der Waals surface area contributed by atoms with Crippen molar-refractivity contribution in [3.63, 3.8) is 0 Å². The topological polar surface area (TPSA) is 139 Å². The molecule has 0 amide bonds. The molecule has 0 saturated carbocycles. The minimum Gasteiger partial charge on any atom is -0.414 e. The van der Waals surface area contributed by atoms with Crippen molar-refractivity contribution >= 4 is 45.8 Å². The molecule has 0 aliphatic carbocycles. The predicted molar refractivity (Wildman–Crippen MR) is 295 cm³/mol. The average Bonchev–Trinajstić information content (AvgIpc) is 3.11. The fraction of sp³-hybridized carbons (Fsp3) is 0.860. The third kappa shape index (κ3) is 59.5.